The van der Waals surface area contributed by atoms with E-state index in [4.69, 9.17) is 0 Å². The fourth-order valence-electron chi connectivity index (χ4n) is 2.54. The van der Waals surface area contributed by atoms with Gasteiger partial charge >= 0.3 is 6.03 Å². The number of rotatable bonds is 6. The molecule has 1 saturated heterocycles. The molecular formula is C16H21N3O4. The lowest BCUT2D eigenvalue weighted by atomic mass is 9.92. The van der Waals surface area contributed by atoms with Crippen LogP contribution in [-0.4, -0.2) is 27.3 Å². The van der Waals surface area contributed by atoms with Crippen molar-refractivity contribution >= 4 is 17.6 Å². The first-order valence-electron chi connectivity index (χ1n) is 7.60. The van der Waals surface area contributed by atoms with Gasteiger partial charge in [-0.05, 0) is 31.2 Å². The molecule has 0 radical (unpaired) electrons. The van der Waals surface area contributed by atoms with Crippen LogP contribution in [0.2, 0.25) is 0 Å². The summed E-state index contributed by atoms with van der Waals surface area (Å²) in [5, 5.41) is 13.4. The fraction of sp³-hybridized carbons (Fsp3) is 0.500. The number of benzene rings is 1. The van der Waals surface area contributed by atoms with Crippen molar-refractivity contribution in [1.29, 1.82) is 0 Å². The number of nitrogens with one attached hydrogen (secondary N) is 1. The summed E-state index contributed by atoms with van der Waals surface area (Å²) in [6.45, 7) is 5.99. The Morgan fingerprint density at radius 3 is 2.39 bits per heavy atom. The third-order valence-electron chi connectivity index (χ3n) is 4.05. The molecular weight excluding hydrogens is 298 g/mol. The van der Waals surface area contributed by atoms with E-state index in [1.165, 1.54) is 17.0 Å². The minimum absolute atomic E-state index is 0.0206. The van der Waals surface area contributed by atoms with Crippen molar-refractivity contribution in [3.05, 3.63) is 39.9 Å². The van der Waals surface area contributed by atoms with Crippen LogP contribution in [-0.2, 0) is 11.3 Å². The van der Waals surface area contributed by atoms with E-state index >= 15 is 0 Å². The summed E-state index contributed by atoms with van der Waals surface area (Å²) in [5.74, 6) is 0.196. The number of imide groups is 1. The van der Waals surface area contributed by atoms with Crippen molar-refractivity contribution in [3.63, 3.8) is 0 Å². The summed E-state index contributed by atoms with van der Waals surface area (Å²) >= 11 is 0. The number of hydrogen-bond donors (Lipinski definition) is 1. The monoisotopic (exact) mass is 319 g/mol. The van der Waals surface area contributed by atoms with Gasteiger partial charge < -0.3 is 5.32 Å². The Kier molecular flexibility index (Phi) is 4.68. The maximum absolute atomic E-state index is 12.6. The highest BCUT2D eigenvalue weighted by Gasteiger charge is 2.47. The number of hydrogen-bond acceptors (Lipinski definition) is 4. The van der Waals surface area contributed by atoms with Crippen LogP contribution in [0.3, 0.4) is 0 Å². The van der Waals surface area contributed by atoms with Gasteiger partial charge in [0, 0.05) is 12.1 Å². The van der Waals surface area contributed by atoms with E-state index in [2.05, 4.69) is 19.2 Å². The van der Waals surface area contributed by atoms with Gasteiger partial charge in [0.1, 0.15) is 5.54 Å². The van der Waals surface area contributed by atoms with Gasteiger partial charge in [-0.3, -0.25) is 19.8 Å². The number of carbonyl (C=O) groups excluding carboxylic acids is 2. The second-order valence-electron chi connectivity index (χ2n) is 6.51. The summed E-state index contributed by atoms with van der Waals surface area (Å²) < 4.78 is 0. The first-order valence-corrected chi connectivity index (χ1v) is 7.60. The summed E-state index contributed by atoms with van der Waals surface area (Å²) in [4.78, 5) is 36.0. The molecule has 0 spiro atoms. The van der Waals surface area contributed by atoms with Crippen LogP contribution < -0.4 is 5.32 Å². The van der Waals surface area contributed by atoms with E-state index in [1.807, 2.05) is 0 Å². The lowest BCUT2D eigenvalue weighted by Gasteiger charge is -2.22. The Morgan fingerprint density at radius 2 is 1.87 bits per heavy atom. The first kappa shape index (κ1) is 16.9. The molecule has 1 heterocycles. The molecule has 1 atom stereocenters. The molecule has 0 aromatic heterocycles. The number of nitro benzene ring substituents is 1. The van der Waals surface area contributed by atoms with Crippen LogP contribution in [0, 0.1) is 16.0 Å². The second-order valence-corrected chi connectivity index (χ2v) is 6.51. The van der Waals surface area contributed by atoms with Gasteiger partial charge in [0.05, 0.1) is 11.5 Å². The van der Waals surface area contributed by atoms with Crippen LogP contribution >= 0.6 is 0 Å². The van der Waals surface area contributed by atoms with Crippen LogP contribution in [0.4, 0.5) is 10.5 Å². The molecule has 124 valence electrons. The van der Waals surface area contributed by atoms with Crippen molar-refractivity contribution < 1.29 is 14.5 Å². The second kappa shape index (κ2) is 6.36. The number of nitro groups is 1. The average molecular weight is 319 g/mol. The molecule has 1 aromatic carbocycles. The Morgan fingerprint density at radius 1 is 1.26 bits per heavy atom. The molecule has 7 nitrogen and oxygen atoms in total. The molecule has 0 bridgehead atoms. The van der Waals surface area contributed by atoms with E-state index < -0.39 is 16.5 Å². The Hall–Kier alpha value is -2.44. The largest absolute Gasteiger partial charge is 0.325 e. The van der Waals surface area contributed by atoms with E-state index in [1.54, 1.807) is 19.1 Å². The van der Waals surface area contributed by atoms with E-state index in [0.29, 0.717) is 17.9 Å². The molecule has 0 aliphatic carbocycles. The number of carbonyl (C=O) groups is 2. The first-order chi connectivity index (χ1) is 10.7. The highest BCUT2D eigenvalue weighted by Crippen LogP contribution is 2.26. The standard InChI is InChI=1S/C16H21N3O4/c1-11(2)8-9-16(3)14(20)18(15(21)17-16)10-12-4-6-13(7-5-12)19(22)23/h4-7,11H,8-10H2,1-3H3,(H,17,21). The molecule has 1 aliphatic heterocycles. The van der Waals surface area contributed by atoms with Gasteiger partial charge in [-0.2, -0.15) is 0 Å². The number of non-ortho nitro benzene ring substituents is 1. The number of urea groups is 1. The van der Waals surface area contributed by atoms with Gasteiger partial charge in [0.25, 0.3) is 11.6 Å². The lowest BCUT2D eigenvalue weighted by molar-refractivity contribution is -0.384. The van der Waals surface area contributed by atoms with Gasteiger partial charge in [-0.15, -0.1) is 0 Å². The van der Waals surface area contributed by atoms with Gasteiger partial charge in [-0.25, -0.2) is 4.79 Å². The molecule has 23 heavy (non-hydrogen) atoms. The minimum Gasteiger partial charge on any atom is -0.323 e. The molecule has 1 aliphatic rings. The normalized spacial score (nSPS) is 21.0. The van der Waals surface area contributed by atoms with Crippen molar-refractivity contribution in [1.82, 2.24) is 10.2 Å². The summed E-state index contributed by atoms with van der Waals surface area (Å²) in [7, 11) is 0. The van der Waals surface area contributed by atoms with E-state index in [9.17, 15) is 19.7 Å². The summed E-state index contributed by atoms with van der Waals surface area (Å²) in [6, 6.07) is 5.43. The topological polar surface area (TPSA) is 92.6 Å². The summed E-state index contributed by atoms with van der Waals surface area (Å²) in [6.07, 6.45) is 1.43. The van der Waals surface area contributed by atoms with Crippen molar-refractivity contribution in [2.75, 3.05) is 0 Å². The molecule has 1 N–H and O–H groups in total. The van der Waals surface area contributed by atoms with E-state index in [0.717, 1.165) is 6.42 Å². The molecule has 1 aromatic rings. The molecule has 1 unspecified atom stereocenters. The SMILES string of the molecule is CC(C)CCC1(C)NC(=O)N(Cc2ccc([N+](=O)[O-])cc2)C1=O. The molecule has 2 rings (SSSR count). The Bertz CT molecular complexity index is 627. The van der Waals surface area contributed by atoms with E-state index in [-0.39, 0.29) is 18.1 Å². The van der Waals surface area contributed by atoms with Gasteiger partial charge in [0.15, 0.2) is 0 Å². The maximum Gasteiger partial charge on any atom is 0.325 e. The van der Waals surface area contributed by atoms with Gasteiger partial charge in [-0.1, -0.05) is 26.0 Å². The lowest BCUT2D eigenvalue weighted by Crippen LogP contribution is -2.44. The average Bonchev–Trinajstić information content (AvgIpc) is 2.70. The third-order valence-corrected chi connectivity index (χ3v) is 4.05. The van der Waals surface area contributed by atoms with Crippen molar-refractivity contribution in [3.8, 4) is 0 Å². The zero-order valence-electron chi connectivity index (χ0n) is 13.5. The van der Waals surface area contributed by atoms with Crippen molar-refractivity contribution in [2.24, 2.45) is 5.92 Å². The Labute approximate surface area is 134 Å². The van der Waals surface area contributed by atoms with Crippen LogP contribution in [0.15, 0.2) is 24.3 Å². The predicted molar refractivity (Wildman–Crippen MR) is 84.7 cm³/mol. The zero-order chi connectivity index (χ0) is 17.2. The maximum atomic E-state index is 12.6. The molecule has 7 heteroatoms. The third kappa shape index (κ3) is 3.67. The molecule has 0 saturated carbocycles. The zero-order valence-corrected chi connectivity index (χ0v) is 13.5. The Balaban J connectivity index is 2.09. The minimum atomic E-state index is -0.873. The fourth-order valence-corrected chi connectivity index (χ4v) is 2.54. The summed E-state index contributed by atoms with van der Waals surface area (Å²) in [5.41, 5.74) is -0.220. The smallest absolute Gasteiger partial charge is 0.323 e. The highest BCUT2D eigenvalue weighted by molar-refractivity contribution is 6.06. The number of nitrogens with zero attached hydrogens (tertiary/aromatic N) is 2. The highest BCUT2D eigenvalue weighted by atomic mass is 16.6. The molecule has 1 fully saturated rings. The quantitative estimate of drug-likeness (QED) is 0.496. The number of amides is 3. The van der Waals surface area contributed by atoms with Crippen molar-refractivity contribution in [2.45, 2.75) is 45.7 Å². The van der Waals surface area contributed by atoms with Crippen LogP contribution in [0.5, 0.6) is 0 Å². The van der Waals surface area contributed by atoms with Gasteiger partial charge in [0.2, 0.25) is 0 Å². The van der Waals surface area contributed by atoms with Crippen LogP contribution in [0.25, 0.3) is 0 Å². The molecule has 3 amide bonds. The predicted octanol–water partition coefficient (Wildman–Crippen LogP) is 2.84. The van der Waals surface area contributed by atoms with Crippen LogP contribution in [0.1, 0.15) is 39.2 Å².